The number of hydrogen-bond donors (Lipinski definition) is 0. The van der Waals surface area contributed by atoms with Crippen LogP contribution in [0.15, 0.2) is 89.6 Å². The number of carbonyl (C=O) groups excluding carboxylic acids is 3. The highest BCUT2D eigenvalue weighted by atomic mass is 16.7. The maximum absolute atomic E-state index is 14.2. The van der Waals surface area contributed by atoms with Crippen LogP contribution in [0, 0.1) is 11.8 Å². The fraction of sp³-hybridized carbons (Fsp3) is 0.341. The van der Waals surface area contributed by atoms with Crippen molar-refractivity contribution in [1.82, 2.24) is 0 Å². The molecule has 0 saturated carbocycles. The van der Waals surface area contributed by atoms with E-state index in [0.29, 0.717) is 59.0 Å². The van der Waals surface area contributed by atoms with Gasteiger partial charge in [-0.1, -0.05) is 62.9 Å². The SMILES string of the molecule is C=C1C=C(C)c2ccc3oc(C(=O)c4cccc(OCCCOC5OC(COC(C)=O)C(OC(C)=O)C(C)C5C)c4)c(-c4ccccc4)c3c2O1. The Bertz CT molecular complexity index is 1970. The highest BCUT2D eigenvalue weighted by molar-refractivity contribution is 6.17. The molecule has 0 N–H and O–H groups in total. The van der Waals surface area contributed by atoms with Crippen molar-refractivity contribution in [1.29, 1.82) is 0 Å². The first-order chi connectivity index (χ1) is 24.5. The van der Waals surface area contributed by atoms with Crippen LogP contribution >= 0.6 is 0 Å². The summed E-state index contributed by atoms with van der Waals surface area (Å²) in [4.78, 5) is 37.3. The summed E-state index contributed by atoms with van der Waals surface area (Å²) in [5.41, 5.74) is 4.36. The summed E-state index contributed by atoms with van der Waals surface area (Å²) < 4.78 is 41.3. The number of benzene rings is 3. The number of rotatable bonds is 12. The second-order valence-electron chi connectivity index (χ2n) is 13.0. The van der Waals surface area contributed by atoms with Crippen LogP contribution in [-0.2, 0) is 28.5 Å². The molecular weight excluding hydrogens is 652 g/mol. The van der Waals surface area contributed by atoms with Gasteiger partial charge in [0.25, 0.3) is 0 Å². The quantitative estimate of drug-likeness (QED) is 0.0822. The van der Waals surface area contributed by atoms with Crippen molar-refractivity contribution in [3.63, 3.8) is 0 Å². The highest BCUT2D eigenvalue weighted by Crippen LogP contribution is 2.46. The Hall–Kier alpha value is -5.19. The van der Waals surface area contributed by atoms with Gasteiger partial charge in [0.1, 0.15) is 41.7 Å². The molecule has 1 saturated heterocycles. The topological polar surface area (TPSA) is 120 Å². The fourth-order valence-electron chi connectivity index (χ4n) is 6.56. The van der Waals surface area contributed by atoms with Crippen LogP contribution in [-0.4, -0.2) is 56.0 Å². The van der Waals surface area contributed by atoms with Crippen LogP contribution in [0.2, 0.25) is 0 Å². The van der Waals surface area contributed by atoms with Crippen molar-refractivity contribution in [3.05, 3.63) is 102 Å². The number of furan rings is 1. The smallest absolute Gasteiger partial charge is 0.303 e. The van der Waals surface area contributed by atoms with E-state index in [-0.39, 0.29) is 30.0 Å². The molecule has 2 aliphatic rings. The molecule has 1 aromatic heterocycles. The molecule has 1 fully saturated rings. The lowest BCUT2D eigenvalue weighted by Crippen LogP contribution is -2.53. The lowest BCUT2D eigenvalue weighted by molar-refractivity contribution is -0.273. The molecule has 3 heterocycles. The minimum Gasteiger partial charge on any atom is -0.493 e. The van der Waals surface area contributed by atoms with Crippen molar-refractivity contribution >= 4 is 34.3 Å². The Morgan fingerprint density at radius 2 is 1.69 bits per heavy atom. The minimum atomic E-state index is -0.655. The molecule has 10 heteroatoms. The number of ether oxygens (including phenoxy) is 6. The van der Waals surface area contributed by atoms with Crippen LogP contribution in [0.5, 0.6) is 11.5 Å². The zero-order chi connectivity index (χ0) is 36.2. The number of allylic oxidation sites excluding steroid dienone is 2. The van der Waals surface area contributed by atoms with Crippen LogP contribution in [0.25, 0.3) is 27.7 Å². The van der Waals surface area contributed by atoms with Gasteiger partial charge in [-0.05, 0) is 48.4 Å². The normalized spacial score (nSPS) is 21.3. The first kappa shape index (κ1) is 35.6. The van der Waals surface area contributed by atoms with Crippen molar-refractivity contribution < 1.29 is 47.2 Å². The first-order valence-electron chi connectivity index (χ1n) is 17.1. The standard InChI is InChI=1S/C41H42O10/c1-23-20-24(2)48-39-32(23)16-17-33-36(39)35(29-12-8-7-9-13-29)40(50-33)37(44)30-14-10-15-31(21-30)45-18-11-19-46-41-26(4)25(3)38(49-28(6)43)34(51-41)22-47-27(5)42/h7-10,12-17,20-21,25-26,34,38,41H,2,11,18-19,22H2,1,3-6H3. The van der Waals surface area contributed by atoms with Gasteiger partial charge in [0, 0.05) is 48.8 Å². The van der Waals surface area contributed by atoms with Crippen molar-refractivity contribution in [2.24, 2.45) is 11.8 Å². The predicted octanol–water partition coefficient (Wildman–Crippen LogP) is 7.92. The van der Waals surface area contributed by atoms with Gasteiger partial charge in [0.15, 0.2) is 12.1 Å². The summed E-state index contributed by atoms with van der Waals surface area (Å²) in [6, 6.07) is 20.5. The molecule has 266 valence electrons. The van der Waals surface area contributed by atoms with E-state index in [1.165, 1.54) is 13.8 Å². The highest BCUT2D eigenvalue weighted by Gasteiger charge is 2.44. The average molecular weight is 695 g/mol. The van der Waals surface area contributed by atoms with Crippen molar-refractivity contribution in [3.8, 4) is 22.6 Å². The van der Waals surface area contributed by atoms with E-state index >= 15 is 0 Å². The summed E-state index contributed by atoms with van der Waals surface area (Å²) >= 11 is 0. The monoisotopic (exact) mass is 694 g/mol. The summed E-state index contributed by atoms with van der Waals surface area (Å²) in [5.74, 6) is 0.495. The summed E-state index contributed by atoms with van der Waals surface area (Å²) in [7, 11) is 0. The summed E-state index contributed by atoms with van der Waals surface area (Å²) in [6.07, 6.45) is 0.602. The molecular formula is C41H42O10. The maximum atomic E-state index is 14.2. The van der Waals surface area contributed by atoms with Crippen LogP contribution < -0.4 is 9.47 Å². The molecule has 3 aromatic carbocycles. The Kier molecular flexibility index (Phi) is 10.7. The Morgan fingerprint density at radius 1 is 0.902 bits per heavy atom. The number of carbonyl (C=O) groups is 3. The van der Waals surface area contributed by atoms with E-state index < -0.39 is 30.4 Å². The van der Waals surface area contributed by atoms with E-state index in [1.54, 1.807) is 24.3 Å². The third kappa shape index (κ3) is 7.77. The number of fused-ring (bicyclic) bond motifs is 3. The van der Waals surface area contributed by atoms with E-state index in [4.69, 9.17) is 32.8 Å². The molecule has 5 atom stereocenters. The molecule has 0 amide bonds. The molecule has 4 aromatic rings. The van der Waals surface area contributed by atoms with Gasteiger partial charge in [0.2, 0.25) is 5.78 Å². The molecule has 10 nitrogen and oxygen atoms in total. The average Bonchev–Trinajstić information content (AvgIpc) is 3.51. The molecule has 6 rings (SSSR count). The van der Waals surface area contributed by atoms with Gasteiger partial charge in [0.05, 0.1) is 18.6 Å². The Labute approximate surface area is 296 Å². The number of esters is 2. The molecule has 0 bridgehead atoms. The lowest BCUT2D eigenvalue weighted by Gasteiger charge is -2.43. The predicted molar refractivity (Wildman–Crippen MR) is 190 cm³/mol. The van der Waals surface area contributed by atoms with Gasteiger partial charge >= 0.3 is 11.9 Å². The van der Waals surface area contributed by atoms with E-state index in [9.17, 15) is 14.4 Å². The zero-order valence-corrected chi connectivity index (χ0v) is 29.4. The van der Waals surface area contributed by atoms with Crippen molar-refractivity contribution in [2.45, 2.75) is 59.5 Å². The van der Waals surface area contributed by atoms with E-state index in [0.717, 1.165) is 16.7 Å². The molecule has 51 heavy (non-hydrogen) atoms. The summed E-state index contributed by atoms with van der Waals surface area (Å²) in [5, 5.41) is 0.716. The van der Waals surface area contributed by atoms with E-state index in [2.05, 4.69) is 6.58 Å². The van der Waals surface area contributed by atoms with E-state index in [1.807, 2.05) is 69.3 Å². The number of hydrogen-bond acceptors (Lipinski definition) is 10. The van der Waals surface area contributed by atoms with Crippen LogP contribution in [0.4, 0.5) is 0 Å². The van der Waals surface area contributed by atoms with Gasteiger partial charge in [-0.3, -0.25) is 14.4 Å². The molecule has 0 radical (unpaired) electrons. The third-order valence-corrected chi connectivity index (χ3v) is 9.25. The second-order valence-corrected chi connectivity index (χ2v) is 13.0. The van der Waals surface area contributed by atoms with Gasteiger partial charge in [-0.25, -0.2) is 0 Å². The largest absolute Gasteiger partial charge is 0.493 e. The Balaban J connectivity index is 1.14. The van der Waals surface area contributed by atoms with Crippen LogP contribution in [0.3, 0.4) is 0 Å². The molecule has 0 spiro atoms. The Morgan fingerprint density at radius 3 is 2.43 bits per heavy atom. The first-order valence-corrected chi connectivity index (χ1v) is 17.1. The van der Waals surface area contributed by atoms with Gasteiger partial charge in [-0.15, -0.1) is 0 Å². The molecule has 0 aliphatic carbocycles. The number of ketones is 1. The zero-order valence-electron chi connectivity index (χ0n) is 29.4. The van der Waals surface area contributed by atoms with Crippen LogP contribution in [0.1, 0.15) is 62.7 Å². The van der Waals surface area contributed by atoms with Gasteiger partial charge < -0.3 is 32.8 Å². The minimum absolute atomic E-state index is 0.0496. The fourth-order valence-corrected chi connectivity index (χ4v) is 6.56. The third-order valence-electron chi connectivity index (χ3n) is 9.25. The van der Waals surface area contributed by atoms with Gasteiger partial charge in [-0.2, -0.15) is 0 Å². The summed E-state index contributed by atoms with van der Waals surface area (Å²) in [6.45, 7) is 13.2. The lowest BCUT2D eigenvalue weighted by atomic mass is 9.84. The molecule has 2 aliphatic heterocycles. The molecule has 5 unspecified atom stereocenters. The van der Waals surface area contributed by atoms with Crippen molar-refractivity contribution in [2.75, 3.05) is 19.8 Å². The second kappa shape index (κ2) is 15.4. The maximum Gasteiger partial charge on any atom is 0.303 e.